The van der Waals surface area contributed by atoms with E-state index in [1.165, 1.54) is 0 Å². The average Bonchev–Trinajstić information content (AvgIpc) is 3.49. The molecule has 3 atom stereocenters. The number of hydrogen-bond acceptors (Lipinski definition) is 6. The van der Waals surface area contributed by atoms with Gasteiger partial charge < -0.3 is 20.1 Å². The monoisotopic (exact) mass is 498 g/mol. The molecule has 3 aromatic carbocycles. The number of nitrogens with one attached hydrogen (secondary N) is 3. The fourth-order valence-electron chi connectivity index (χ4n) is 4.92. The van der Waals surface area contributed by atoms with Crippen LogP contribution in [0, 0.1) is 12.8 Å². The summed E-state index contributed by atoms with van der Waals surface area (Å²) in [5, 5.41) is 14.0. The third kappa shape index (κ3) is 4.81. The number of hydrogen-bond donors (Lipinski definition) is 4. The quantitative estimate of drug-likeness (QED) is 0.394. The van der Waals surface area contributed by atoms with E-state index < -0.39 is 24.0 Å². The van der Waals surface area contributed by atoms with Gasteiger partial charge in [-0.3, -0.25) is 15.0 Å². The number of ether oxygens (including phenoxy) is 1. The van der Waals surface area contributed by atoms with Gasteiger partial charge in [-0.25, -0.2) is 5.43 Å². The van der Waals surface area contributed by atoms with E-state index in [1.807, 2.05) is 68.4 Å². The molecule has 3 aromatic rings. The topological polar surface area (TPSA) is 103 Å². The van der Waals surface area contributed by atoms with Crippen LogP contribution in [0.1, 0.15) is 29.7 Å². The highest BCUT2D eigenvalue weighted by Gasteiger charge is 2.49. The molecule has 8 heteroatoms. The average molecular weight is 499 g/mol. The van der Waals surface area contributed by atoms with Gasteiger partial charge in [0.1, 0.15) is 11.9 Å². The van der Waals surface area contributed by atoms with Gasteiger partial charge in [-0.1, -0.05) is 60.2 Å². The second-order valence-corrected chi connectivity index (χ2v) is 9.18. The molecule has 0 spiro atoms. The van der Waals surface area contributed by atoms with E-state index in [2.05, 4.69) is 16.2 Å². The summed E-state index contributed by atoms with van der Waals surface area (Å²) in [6, 6.07) is 23.8. The Kier molecular flexibility index (Phi) is 6.94. The van der Waals surface area contributed by atoms with Crippen LogP contribution in [0.25, 0.3) is 5.57 Å². The molecule has 0 aliphatic carbocycles. The summed E-state index contributed by atoms with van der Waals surface area (Å²) >= 11 is 0. The molecule has 8 nitrogen and oxygen atoms in total. The Bertz CT molecular complexity index is 1310. The summed E-state index contributed by atoms with van der Waals surface area (Å²) < 4.78 is 5.47. The molecular formula is C29H30N4O4. The van der Waals surface area contributed by atoms with Crippen LogP contribution >= 0.6 is 0 Å². The number of amides is 2. The fraction of sp³-hybridized carbons (Fsp3) is 0.241. The first-order chi connectivity index (χ1) is 18.0. The van der Waals surface area contributed by atoms with Crippen molar-refractivity contribution in [3.8, 4) is 5.75 Å². The lowest BCUT2D eigenvalue weighted by molar-refractivity contribution is -0.134. The highest BCUT2D eigenvalue weighted by molar-refractivity contribution is 6.06. The number of benzene rings is 3. The molecule has 190 valence electrons. The number of hydrazine groups is 1. The molecule has 2 aliphatic rings. The molecule has 2 heterocycles. The summed E-state index contributed by atoms with van der Waals surface area (Å²) in [5.74, 6) is -0.956. The Morgan fingerprint density at radius 3 is 2.43 bits per heavy atom. The molecule has 4 N–H and O–H groups in total. The second-order valence-electron chi connectivity index (χ2n) is 9.18. The molecule has 1 saturated heterocycles. The molecule has 0 aromatic heterocycles. The second kappa shape index (κ2) is 10.5. The molecule has 0 saturated carbocycles. The fourth-order valence-corrected chi connectivity index (χ4v) is 4.92. The van der Waals surface area contributed by atoms with Crippen LogP contribution in [0.3, 0.4) is 0 Å². The summed E-state index contributed by atoms with van der Waals surface area (Å²) in [7, 11) is 0. The molecule has 0 radical (unpaired) electrons. The Morgan fingerprint density at radius 1 is 1.05 bits per heavy atom. The van der Waals surface area contributed by atoms with Crippen molar-refractivity contribution in [2.45, 2.75) is 26.1 Å². The van der Waals surface area contributed by atoms with Gasteiger partial charge in [-0.15, -0.1) is 0 Å². The highest BCUT2D eigenvalue weighted by atomic mass is 16.5. The van der Waals surface area contributed by atoms with Crippen molar-refractivity contribution in [3.63, 3.8) is 0 Å². The van der Waals surface area contributed by atoms with Gasteiger partial charge >= 0.3 is 0 Å². The number of aliphatic hydroxyl groups excluding tert-OH is 1. The van der Waals surface area contributed by atoms with Crippen LogP contribution in [-0.4, -0.2) is 41.1 Å². The van der Waals surface area contributed by atoms with Gasteiger partial charge in [0.05, 0.1) is 18.6 Å². The standard InChI is InChI=1S/C29H30N4O4/c1-3-37-22-15-13-21(14-16-22)31-28(35)23-17-30-32-27(23)33-25(20-11-9-18(2)10-12-20)24(26(34)29(33)36)19-7-5-4-6-8-19/h4-16,23,25,27,30,32,34H,3,17H2,1-2H3,(H,31,35). The van der Waals surface area contributed by atoms with Gasteiger partial charge in [0.15, 0.2) is 5.76 Å². The van der Waals surface area contributed by atoms with Gasteiger partial charge in [-0.2, -0.15) is 0 Å². The Hall–Kier alpha value is -4.14. The van der Waals surface area contributed by atoms with Crippen LogP contribution in [0.15, 0.2) is 84.6 Å². The molecule has 0 bridgehead atoms. The normalized spacial score (nSPS) is 21.4. The SMILES string of the molecule is CCOc1ccc(NC(=O)C2CNNC2N2C(=O)C(O)=C(c3ccccc3)C2c2ccc(C)cc2)cc1. The summed E-state index contributed by atoms with van der Waals surface area (Å²) in [6.07, 6.45) is -0.690. The Labute approximate surface area is 215 Å². The van der Waals surface area contributed by atoms with Crippen molar-refractivity contribution < 1.29 is 19.4 Å². The number of anilines is 1. The van der Waals surface area contributed by atoms with E-state index in [-0.39, 0.29) is 11.7 Å². The molecule has 5 rings (SSSR count). The maximum Gasteiger partial charge on any atom is 0.291 e. The number of aliphatic hydroxyl groups is 1. The van der Waals surface area contributed by atoms with Crippen molar-refractivity contribution in [1.29, 1.82) is 0 Å². The van der Waals surface area contributed by atoms with Crippen LogP contribution in [0.4, 0.5) is 5.69 Å². The van der Waals surface area contributed by atoms with Gasteiger partial charge in [0.2, 0.25) is 5.91 Å². The maximum absolute atomic E-state index is 13.6. The zero-order valence-electron chi connectivity index (χ0n) is 20.8. The lowest BCUT2D eigenvalue weighted by Crippen LogP contribution is -2.52. The number of carbonyl (C=O) groups is 2. The van der Waals surface area contributed by atoms with E-state index in [9.17, 15) is 14.7 Å². The van der Waals surface area contributed by atoms with Gasteiger partial charge in [-0.05, 0) is 49.2 Å². The van der Waals surface area contributed by atoms with Crippen molar-refractivity contribution in [3.05, 3.63) is 101 Å². The largest absolute Gasteiger partial charge is 0.503 e. The Morgan fingerprint density at radius 2 is 1.76 bits per heavy atom. The van der Waals surface area contributed by atoms with Gasteiger partial charge in [0.25, 0.3) is 5.91 Å². The van der Waals surface area contributed by atoms with Gasteiger partial charge in [0, 0.05) is 17.8 Å². The van der Waals surface area contributed by atoms with Crippen LogP contribution < -0.4 is 20.9 Å². The van der Waals surface area contributed by atoms with Crippen molar-refractivity contribution in [2.75, 3.05) is 18.5 Å². The number of rotatable bonds is 7. The van der Waals surface area contributed by atoms with E-state index in [1.54, 1.807) is 29.2 Å². The molecule has 2 aliphatic heterocycles. The van der Waals surface area contributed by atoms with E-state index >= 15 is 0 Å². The van der Waals surface area contributed by atoms with Crippen LogP contribution in [-0.2, 0) is 9.59 Å². The predicted molar refractivity (Wildman–Crippen MR) is 141 cm³/mol. The van der Waals surface area contributed by atoms with Crippen molar-refractivity contribution >= 4 is 23.1 Å². The third-order valence-corrected chi connectivity index (χ3v) is 6.74. The van der Waals surface area contributed by atoms with Crippen molar-refractivity contribution in [1.82, 2.24) is 15.8 Å². The molecular weight excluding hydrogens is 468 g/mol. The number of nitrogens with zero attached hydrogens (tertiary/aromatic N) is 1. The lowest BCUT2D eigenvalue weighted by atomic mass is 9.92. The smallest absolute Gasteiger partial charge is 0.291 e. The zero-order valence-corrected chi connectivity index (χ0v) is 20.8. The number of aryl methyl sites for hydroxylation is 1. The van der Waals surface area contributed by atoms with Crippen LogP contribution in [0.5, 0.6) is 5.75 Å². The molecule has 3 unspecified atom stereocenters. The molecule has 1 fully saturated rings. The lowest BCUT2D eigenvalue weighted by Gasteiger charge is -2.34. The maximum atomic E-state index is 13.6. The summed E-state index contributed by atoms with van der Waals surface area (Å²) in [4.78, 5) is 28.5. The highest BCUT2D eigenvalue weighted by Crippen LogP contribution is 2.45. The van der Waals surface area contributed by atoms with E-state index in [0.29, 0.717) is 24.4 Å². The minimum Gasteiger partial charge on any atom is -0.503 e. The first-order valence-corrected chi connectivity index (χ1v) is 12.4. The summed E-state index contributed by atoms with van der Waals surface area (Å²) in [6.45, 7) is 4.79. The van der Waals surface area contributed by atoms with Crippen LogP contribution in [0.2, 0.25) is 0 Å². The third-order valence-electron chi connectivity index (χ3n) is 6.74. The van der Waals surface area contributed by atoms with Crippen molar-refractivity contribution in [2.24, 2.45) is 5.92 Å². The van der Waals surface area contributed by atoms with E-state index in [4.69, 9.17) is 4.74 Å². The summed E-state index contributed by atoms with van der Waals surface area (Å²) in [5.41, 5.74) is 9.99. The van der Waals surface area contributed by atoms with E-state index in [0.717, 1.165) is 22.4 Å². The first-order valence-electron chi connectivity index (χ1n) is 12.4. The molecule has 37 heavy (non-hydrogen) atoms. The predicted octanol–water partition coefficient (Wildman–Crippen LogP) is 3.94. The molecule has 2 amide bonds. The minimum atomic E-state index is -0.690. The Balaban J connectivity index is 1.46. The zero-order chi connectivity index (χ0) is 25.9. The first kappa shape index (κ1) is 24.5. The minimum absolute atomic E-state index is 0.241. The number of carbonyl (C=O) groups excluding carboxylic acids is 2.